The Kier molecular flexibility index (Phi) is 9.20. The molecule has 0 aliphatic carbocycles. The average molecular weight is 887 g/mol. The van der Waals surface area contributed by atoms with E-state index in [0.717, 1.165) is 74.3 Å². The molecule has 2 aromatic carbocycles. The largest absolute Gasteiger partial charge is 6.00 e. The standard InChI is InChI=1S/C21H19N6.C20H17N6.Os/c1-15-10-16(26-13-24(2)18-6-4-8-22-20(18)26)12-17(11-15)27-14-25(3)19-7-5-9-23-21(19)27;1-23-13-25(19-17(23)8-4-10-21-19)15-6-3-7-16(12-15)26-14-24(2)18-9-5-11-22-20(18)26;/h4-11,13-14H,1-3H3;3-11,13-14H,1-2H3;/q2*-3;+6. The molecule has 0 spiro atoms. The number of hydrogen-bond acceptors (Lipinski definition) is 12. The van der Waals surface area contributed by atoms with Gasteiger partial charge in [0, 0.05) is 47.5 Å². The van der Waals surface area contributed by atoms with Gasteiger partial charge < -0.3 is 39.2 Å². The fourth-order valence-corrected chi connectivity index (χ4v) is 6.93. The first-order valence-electron chi connectivity index (χ1n) is 17.2. The molecule has 268 valence electrons. The molecule has 0 bridgehead atoms. The van der Waals surface area contributed by atoms with Crippen molar-refractivity contribution in [1.82, 2.24) is 19.9 Å². The van der Waals surface area contributed by atoms with Crippen LogP contribution in [-0.4, -0.2) is 48.1 Å². The maximum Gasteiger partial charge on any atom is 6.00 e. The van der Waals surface area contributed by atoms with E-state index < -0.39 is 0 Å². The van der Waals surface area contributed by atoms with E-state index >= 15 is 0 Å². The van der Waals surface area contributed by atoms with Crippen LogP contribution in [0.15, 0.2) is 104 Å². The van der Waals surface area contributed by atoms with Gasteiger partial charge in [0.1, 0.15) is 23.3 Å². The quantitative estimate of drug-likeness (QED) is 0.163. The molecule has 0 radical (unpaired) electrons. The summed E-state index contributed by atoms with van der Waals surface area (Å²) in [5, 5.41) is 0. The van der Waals surface area contributed by atoms with E-state index in [-0.39, 0.29) is 19.8 Å². The molecule has 10 rings (SSSR count). The predicted octanol–water partition coefficient (Wildman–Crippen LogP) is 7.69. The van der Waals surface area contributed by atoms with Crippen molar-refractivity contribution in [2.75, 3.05) is 67.4 Å². The molecule has 4 aliphatic rings. The van der Waals surface area contributed by atoms with Gasteiger partial charge in [-0.3, -0.25) is 0 Å². The van der Waals surface area contributed by atoms with Gasteiger partial charge in [-0.15, -0.1) is 59.1 Å². The normalized spacial score (nSPS) is 15.1. The predicted molar refractivity (Wildman–Crippen MR) is 212 cm³/mol. The van der Waals surface area contributed by atoms with Crippen molar-refractivity contribution < 1.29 is 19.8 Å². The summed E-state index contributed by atoms with van der Waals surface area (Å²) in [6.07, 6.45) is 7.26. The molecule has 4 aromatic heterocycles. The number of fused-ring (bicyclic) bond motifs is 4. The fourth-order valence-electron chi connectivity index (χ4n) is 6.93. The van der Waals surface area contributed by atoms with Gasteiger partial charge in [-0.2, -0.15) is 38.3 Å². The summed E-state index contributed by atoms with van der Waals surface area (Å²) >= 11 is 0. The number of aromatic nitrogens is 4. The summed E-state index contributed by atoms with van der Waals surface area (Å²) in [5.74, 6) is 3.64. The minimum absolute atomic E-state index is 0. The zero-order chi connectivity index (χ0) is 36.2. The van der Waals surface area contributed by atoms with Crippen LogP contribution in [0.3, 0.4) is 0 Å². The second kappa shape index (κ2) is 14.1. The first-order valence-corrected chi connectivity index (χ1v) is 17.2. The maximum absolute atomic E-state index is 4.56. The minimum atomic E-state index is 0. The van der Waals surface area contributed by atoms with Crippen LogP contribution in [0.25, 0.3) is 0 Å². The number of hydrogen-bond donors (Lipinski definition) is 0. The van der Waals surface area contributed by atoms with E-state index in [1.54, 1.807) is 0 Å². The molecule has 0 saturated carbocycles. The number of nitrogens with zero attached hydrogens (tertiary/aromatic N) is 12. The van der Waals surface area contributed by atoms with Crippen LogP contribution >= 0.6 is 0 Å². The SMILES string of the molecule is CN1[CH-]N(c2[c-]c(N3[CH-]N(C)c4cccnc43)ccc2)c2ncccc21.Cc1cc(N2[CH-]N(C)c3cccnc32)[c-]c(N2[CH-]N(C)c3cccnc32)c1.[Os+6]. The van der Waals surface area contributed by atoms with E-state index in [9.17, 15) is 0 Å². The van der Waals surface area contributed by atoms with Crippen molar-refractivity contribution in [2.24, 2.45) is 0 Å². The second-order valence-corrected chi connectivity index (χ2v) is 13.1. The number of pyridine rings is 4. The molecule has 0 atom stereocenters. The summed E-state index contributed by atoms with van der Waals surface area (Å²) < 4.78 is 0. The van der Waals surface area contributed by atoms with Crippen LogP contribution in [0.1, 0.15) is 5.56 Å². The fraction of sp³-hybridized carbons (Fsp3) is 0.122. The summed E-state index contributed by atoms with van der Waals surface area (Å²) in [7, 11) is 8.10. The monoisotopic (exact) mass is 888 g/mol. The van der Waals surface area contributed by atoms with Gasteiger partial charge in [-0.05, 0) is 76.7 Å². The van der Waals surface area contributed by atoms with Gasteiger partial charge in [0.2, 0.25) is 0 Å². The van der Waals surface area contributed by atoms with E-state index in [2.05, 4.69) is 115 Å². The molecule has 6 aromatic rings. The van der Waals surface area contributed by atoms with Gasteiger partial charge in [0.05, 0.1) is 0 Å². The number of anilines is 12. The zero-order valence-electron chi connectivity index (χ0n) is 30.3. The Hall–Kier alpha value is -5.92. The number of aryl methyl sites for hydroxylation is 1. The molecule has 4 aliphatic heterocycles. The van der Waals surface area contributed by atoms with Gasteiger partial charge in [-0.25, -0.2) is 19.9 Å². The smallest absolute Gasteiger partial charge is 0.502 e. The Morgan fingerprint density at radius 3 is 1.06 bits per heavy atom. The van der Waals surface area contributed by atoms with E-state index in [0.29, 0.717) is 0 Å². The topological polar surface area (TPSA) is 77.5 Å². The van der Waals surface area contributed by atoms with Crippen LogP contribution in [0.2, 0.25) is 0 Å². The van der Waals surface area contributed by atoms with Crippen LogP contribution < -0.4 is 39.2 Å². The molecule has 12 nitrogen and oxygen atoms in total. The summed E-state index contributed by atoms with van der Waals surface area (Å²) in [4.78, 5) is 34.7. The molecule has 0 saturated heterocycles. The second-order valence-electron chi connectivity index (χ2n) is 13.1. The van der Waals surface area contributed by atoms with Gasteiger partial charge in [-0.1, -0.05) is 6.92 Å². The van der Waals surface area contributed by atoms with Crippen LogP contribution in [-0.2, 0) is 19.8 Å². The molecule has 0 amide bonds. The Balaban J connectivity index is 0.000000150. The Bertz CT molecular complexity index is 2170. The third kappa shape index (κ3) is 6.08. The molecule has 54 heavy (non-hydrogen) atoms. The van der Waals surface area contributed by atoms with Crippen molar-refractivity contribution >= 4 is 68.8 Å². The Morgan fingerprint density at radius 2 is 0.722 bits per heavy atom. The van der Waals surface area contributed by atoms with Gasteiger partial charge in [0.25, 0.3) is 0 Å². The van der Waals surface area contributed by atoms with Crippen LogP contribution in [0.4, 0.5) is 68.8 Å². The van der Waals surface area contributed by atoms with Gasteiger partial charge >= 0.3 is 19.8 Å². The van der Waals surface area contributed by atoms with Crippen molar-refractivity contribution in [3.05, 3.63) is 148 Å². The Labute approximate surface area is 329 Å². The average Bonchev–Trinajstić information content (AvgIpc) is 3.93. The zero-order valence-corrected chi connectivity index (χ0v) is 32.9. The molecule has 0 fully saturated rings. The first kappa shape index (κ1) is 35.1. The summed E-state index contributed by atoms with van der Waals surface area (Å²) in [6.45, 7) is 10.2. The van der Waals surface area contributed by atoms with Crippen molar-refractivity contribution in [3.8, 4) is 0 Å². The summed E-state index contributed by atoms with van der Waals surface area (Å²) in [6, 6.07) is 33.5. The molecular formula is C41H36N12Os. The Morgan fingerprint density at radius 1 is 0.426 bits per heavy atom. The first-order chi connectivity index (χ1) is 25.8. The third-order valence-electron chi connectivity index (χ3n) is 9.44. The van der Waals surface area contributed by atoms with E-state index in [1.165, 1.54) is 0 Å². The molecular weight excluding hydrogens is 851 g/mol. The molecule has 0 unspecified atom stereocenters. The third-order valence-corrected chi connectivity index (χ3v) is 9.44. The van der Waals surface area contributed by atoms with Crippen molar-refractivity contribution in [2.45, 2.75) is 6.92 Å². The number of benzene rings is 2. The number of rotatable bonds is 4. The van der Waals surface area contributed by atoms with Crippen LogP contribution in [0, 0.1) is 45.7 Å². The molecule has 13 heteroatoms. The maximum atomic E-state index is 4.56. The molecule has 8 heterocycles. The van der Waals surface area contributed by atoms with Crippen LogP contribution in [0.5, 0.6) is 0 Å². The molecule has 0 N–H and O–H groups in total. The van der Waals surface area contributed by atoms with Crippen molar-refractivity contribution in [1.29, 1.82) is 0 Å². The van der Waals surface area contributed by atoms with Gasteiger partial charge in [0.15, 0.2) is 0 Å². The minimum Gasteiger partial charge on any atom is -0.502 e. The summed E-state index contributed by atoms with van der Waals surface area (Å²) in [5.41, 5.74) is 9.24. The van der Waals surface area contributed by atoms with E-state index in [4.69, 9.17) is 0 Å². The van der Waals surface area contributed by atoms with E-state index in [1.807, 2.05) is 122 Å². The van der Waals surface area contributed by atoms with Crippen molar-refractivity contribution in [3.63, 3.8) is 0 Å².